The van der Waals surface area contributed by atoms with E-state index in [0.29, 0.717) is 0 Å². The van der Waals surface area contributed by atoms with Gasteiger partial charge in [0, 0.05) is 19.7 Å². The Morgan fingerprint density at radius 2 is 1.68 bits per heavy atom. The van der Waals surface area contributed by atoms with Crippen LogP contribution in [0.25, 0.3) is 11.3 Å². The number of benzene rings is 1. The summed E-state index contributed by atoms with van der Waals surface area (Å²) in [6.45, 7) is 1.59. The van der Waals surface area contributed by atoms with Crippen LogP contribution < -0.4 is 10.9 Å². The van der Waals surface area contributed by atoms with Gasteiger partial charge in [-0.1, -0.05) is 12.1 Å². The van der Waals surface area contributed by atoms with Crippen molar-refractivity contribution in [1.82, 2.24) is 15.8 Å². The number of aliphatic imine (C=N–C) groups is 2. The van der Waals surface area contributed by atoms with Gasteiger partial charge >= 0.3 is 23.2 Å². The standard InChI is InChI=1S/C17H18F3N7OS2.Cu/c1-9(24-26-15(29)21-2)12(25-27-16(30)22-3)13-14(28-8-23-13)10-5-4-6-11(7-10)17(18,19)20;/h4-8H,1-3H3,(H2,21,26,29)(H2,22,27,30);/q;+2/p-2/b24-9+,25-12-;. The van der Waals surface area contributed by atoms with Gasteiger partial charge in [0.25, 0.3) is 0 Å². The number of nitrogens with one attached hydrogen (secondary N) is 2. The fourth-order valence-electron chi connectivity index (χ4n) is 2.15. The van der Waals surface area contributed by atoms with Crippen LogP contribution in [-0.4, -0.2) is 40.8 Å². The molecule has 0 saturated heterocycles. The summed E-state index contributed by atoms with van der Waals surface area (Å²) in [6, 6.07) is 4.65. The molecule has 2 rings (SSSR count). The Bertz CT molecular complexity index is 1020. The van der Waals surface area contributed by atoms with E-state index in [4.69, 9.17) is 29.7 Å². The molecule has 0 aliphatic carbocycles. The van der Waals surface area contributed by atoms with E-state index >= 15 is 0 Å². The third kappa shape index (κ3) is 7.28. The molecule has 0 aliphatic rings. The number of hydrazone groups is 2. The Balaban J connectivity index is 0.00000480. The zero-order valence-corrected chi connectivity index (χ0v) is 18.9. The molecule has 2 N–H and O–H groups in total. The molecule has 0 spiro atoms. The Kier molecular flexibility index (Phi) is 10.0. The van der Waals surface area contributed by atoms with Gasteiger partial charge in [-0.2, -0.15) is 23.4 Å². The van der Waals surface area contributed by atoms with Crippen LogP contribution in [0.5, 0.6) is 0 Å². The topological polar surface area (TPSA) is 99.5 Å². The van der Waals surface area contributed by atoms with E-state index in [-0.39, 0.29) is 55.8 Å². The Labute approximate surface area is 197 Å². The molecule has 0 atom stereocenters. The van der Waals surface area contributed by atoms with Crippen molar-refractivity contribution in [3.63, 3.8) is 0 Å². The maximum Gasteiger partial charge on any atom is 2.00 e. The van der Waals surface area contributed by atoms with E-state index in [9.17, 15) is 13.2 Å². The SMILES string of the molecule is CN=C([S-])N/N=C(C)/C(=N/NC([S-])=NC)c1ncoc1-c1cccc(C(F)(F)F)c1.[Cu+2]. The fourth-order valence-corrected chi connectivity index (χ4v) is 2.24. The number of alkyl halides is 3. The van der Waals surface area contributed by atoms with Crippen LogP contribution in [0.1, 0.15) is 18.2 Å². The number of nitrogens with zero attached hydrogens (tertiary/aromatic N) is 5. The molecule has 0 aliphatic heterocycles. The number of amidine groups is 2. The first-order chi connectivity index (χ1) is 14.2. The van der Waals surface area contributed by atoms with Crippen molar-refractivity contribution in [3.05, 3.63) is 41.9 Å². The molecule has 2 aromatic rings. The molecule has 1 aromatic carbocycles. The van der Waals surface area contributed by atoms with Crippen LogP contribution in [0.2, 0.25) is 0 Å². The summed E-state index contributed by atoms with van der Waals surface area (Å²) in [5, 5.41) is 8.42. The van der Waals surface area contributed by atoms with Gasteiger partial charge in [-0.25, -0.2) is 4.98 Å². The second-order valence-electron chi connectivity index (χ2n) is 5.55. The third-order valence-corrected chi connectivity index (χ3v) is 4.12. The predicted molar refractivity (Wildman–Crippen MR) is 114 cm³/mol. The minimum Gasteiger partial charge on any atom is -0.741 e. The van der Waals surface area contributed by atoms with Crippen LogP contribution in [0.15, 0.2) is 55.3 Å². The van der Waals surface area contributed by atoms with Crippen LogP contribution >= 0.6 is 0 Å². The Morgan fingerprint density at radius 3 is 2.26 bits per heavy atom. The van der Waals surface area contributed by atoms with Gasteiger partial charge in [-0.15, -0.1) is 0 Å². The van der Waals surface area contributed by atoms with Gasteiger partial charge in [0.05, 0.1) is 11.3 Å². The Hall–Kier alpha value is -2.54. The third-order valence-electron chi connectivity index (χ3n) is 3.58. The second kappa shape index (κ2) is 11.7. The molecule has 1 heterocycles. The van der Waals surface area contributed by atoms with E-state index in [1.807, 2.05) is 0 Å². The van der Waals surface area contributed by atoms with E-state index in [1.54, 1.807) is 6.92 Å². The van der Waals surface area contributed by atoms with Crippen molar-refractivity contribution >= 4 is 47.0 Å². The zero-order valence-electron chi connectivity index (χ0n) is 16.3. The maximum absolute atomic E-state index is 13.1. The Morgan fingerprint density at radius 1 is 1.06 bits per heavy atom. The summed E-state index contributed by atoms with van der Waals surface area (Å²) in [5.74, 6) is 0.0679. The predicted octanol–water partition coefficient (Wildman–Crippen LogP) is 2.68. The van der Waals surface area contributed by atoms with Crippen molar-refractivity contribution in [2.24, 2.45) is 20.2 Å². The van der Waals surface area contributed by atoms with Gasteiger partial charge < -0.3 is 29.7 Å². The second-order valence-corrected chi connectivity index (χ2v) is 6.32. The number of halogens is 3. The molecule has 0 bridgehead atoms. The summed E-state index contributed by atoms with van der Waals surface area (Å²) in [7, 11) is 2.96. The number of hydrogen-bond acceptors (Lipinski definition) is 8. The fraction of sp³-hybridized carbons (Fsp3) is 0.235. The van der Waals surface area contributed by atoms with E-state index in [0.717, 1.165) is 18.5 Å². The number of hydrogen-bond donors (Lipinski definition) is 2. The minimum absolute atomic E-state index is 0. The first-order valence-corrected chi connectivity index (χ1v) is 9.02. The van der Waals surface area contributed by atoms with Crippen molar-refractivity contribution in [2.45, 2.75) is 13.1 Å². The first kappa shape index (κ1) is 26.5. The molecule has 1 radical (unpaired) electrons. The molecule has 0 saturated carbocycles. The van der Waals surface area contributed by atoms with E-state index in [2.05, 4.69) is 36.0 Å². The molecule has 31 heavy (non-hydrogen) atoms. The smallest absolute Gasteiger partial charge is 0.741 e. The summed E-state index contributed by atoms with van der Waals surface area (Å²) < 4.78 is 44.7. The van der Waals surface area contributed by atoms with Gasteiger partial charge in [0.1, 0.15) is 11.4 Å². The summed E-state index contributed by atoms with van der Waals surface area (Å²) in [4.78, 5) is 11.6. The average Bonchev–Trinajstić information content (AvgIpc) is 3.20. The molecule has 0 fully saturated rings. The molecule has 0 unspecified atom stereocenters. The summed E-state index contributed by atoms with van der Waals surface area (Å²) in [5.41, 5.74) is 5.00. The molecular formula is C17H16CuF3N7OS2. The largest absolute Gasteiger partial charge is 2.00 e. The van der Waals surface area contributed by atoms with Gasteiger partial charge in [0.2, 0.25) is 0 Å². The number of aromatic nitrogens is 1. The molecule has 169 valence electrons. The summed E-state index contributed by atoms with van der Waals surface area (Å²) >= 11 is 9.87. The van der Waals surface area contributed by atoms with Gasteiger partial charge in [0.15, 0.2) is 12.2 Å². The monoisotopic (exact) mass is 518 g/mol. The zero-order chi connectivity index (χ0) is 22.3. The quantitative estimate of drug-likeness (QED) is 0.207. The minimum atomic E-state index is -4.51. The van der Waals surface area contributed by atoms with Crippen molar-refractivity contribution in [2.75, 3.05) is 14.1 Å². The first-order valence-electron chi connectivity index (χ1n) is 8.20. The summed E-state index contributed by atoms with van der Waals surface area (Å²) in [6.07, 6.45) is -3.42. The number of rotatable bonds is 5. The van der Waals surface area contributed by atoms with Crippen molar-refractivity contribution in [3.8, 4) is 11.3 Å². The van der Waals surface area contributed by atoms with Crippen LogP contribution in [-0.2, 0) is 48.5 Å². The van der Waals surface area contributed by atoms with Crippen LogP contribution in [0.3, 0.4) is 0 Å². The number of oxazole rings is 1. The van der Waals surface area contributed by atoms with E-state index in [1.165, 1.54) is 26.2 Å². The molecule has 1 aromatic heterocycles. The van der Waals surface area contributed by atoms with Gasteiger partial charge in [-0.05, 0) is 29.4 Å². The maximum atomic E-state index is 13.1. The van der Waals surface area contributed by atoms with Gasteiger partial charge in [-0.3, -0.25) is 20.8 Å². The average molecular weight is 519 g/mol. The van der Waals surface area contributed by atoms with Crippen molar-refractivity contribution < 1.29 is 34.7 Å². The van der Waals surface area contributed by atoms with Crippen LogP contribution in [0, 0.1) is 0 Å². The molecule has 14 heteroatoms. The van der Waals surface area contributed by atoms with E-state index < -0.39 is 11.7 Å². The molecular weight excluding hydrogens is 503 g/mol. The molecule has 0 amide bonds. The van der Waals surface area contributed by atoms with Crippen molar-refractivity contribution in [1.29, 1.82) is 0 Å². The molecule has 8 nitrogen and oxygen atoms in total. The van der Waals surface area contributed by atoms with Crippen LogP contribution in [0.4, 0.5) is 13.2 Å². The normalized spacial score (nSPS) is 13.6.